The minimum Gasteiger partial charge on any atom is -0.449 e. The van der Waals surface area contributed by atoms with Crippen LogP contribution >= 0.6 is 0 Å². The lowest BCUT2D eigenvalue weighted by Crippen LogP contribution is -2.54. The Morgan fingerprint density at radius 1 is 1.14 bits per heavy atom. The van der Waals surface area contributed by atoms with E-state index < -0.39 is 31.8 Å². The van der Waals surface area contributed by atoms with Gasteiger partial charge in [0.05, 0.1) is 35.7 Å². The lowest BCUT2D eigenvalue weighted by molar-refractivity contribution is 0.0623. The Morgan fingerprint density at radius 3 is 2.24 bits per heavy atom. The molecule has 2 fully saturated rings. The average molecular weight is 340 g/mol. The highest BCUT2D eigenvalue weighted by Gasteiger charge is 2.38. The molecule has 0 spiro atoms. The molecule has 1 amide bonds. The predicted octanol–water partition coefficient (Wildman–Crippen LogP) is -0.676. The van der Waals surface area contributed by atoms with Crippen LogP contribution in [0.4, 0.5) is 4.79 Å². The first-order chi connectivity index (χ1) is 9.72. The second-order valence-electron chi connectivity index (χ2n) is 5.35. The van der Waals surface area contributed by atoms with Gasteiger partial charge in [-0.2, -0.15) is 0 Å². The van der Waals surface area contributed by atoms with Gasteiger partial charge >= 0.3 is 6.09 Å². The fraction of sp³-hybridized carbons (Fsp3) is 0.909. The molecule has 0 radical (unpaired) electrons. The summed E-state index contributed by atoms with van der Waals surface area (Å²) >= 11 is 0. The van der Waals surface area contributed by atoms with E-state index in [0.717, 1.165) is 0 Å². The SMILES string of the molecule is CCOC(=O)N(NC1CCS(=O)(=O)C1)C1CCS(=O)(=O)C1. The summed E-state index contributed by atoms with van der Waals surface area (Å²) in [5, 5.41) is 1.17. The van der Waals surface area contributed by atoms with Crippen molar-refractivity contribution >= 4 is 25.8 Å². The van der Waals surface area contributed by atoms with E-state index in [1.54, 1.807) is 6.92 Å². The molecule has 0 aromatic rings. The summed E-state index contributed by atoms with van der Waals surface area (Å²) in [7, 11) is -6.24. The number of hydrogen-bond acceptors (Lipinski definition) is 7. The van der Waals surface area contributed by atoms with Crippen molar-refractivity contribution in [1.29, 1.82) is 0 Å². The Labute approximate surface area is 124 Å². The van der Waals surface area contributed by atoms with Gasteiger partial charge in [0.15, 0.2) is 19.7 Å². The van der Waals surface area contributed by atoms with Crippen LogP contribution in [-0.4, -0.2) is 69.6 Å². The second kappa shape index (κ2) is 6.09. The lowest BCUT2D eigenvalue weighted by atomic mass is 10.2. The number of sulfone groups is 2. The summed E-state index contributed by atoms with van der Waals surface area (Å²) < 4.78 is 51.0. The van der Waals surface area contributed by atoms with Crippen molar-refractivity contribution in [2.45, 2.75) is 31.8 Å². The molecule has 2 unspecified atom stereocenters. The number of hydrazine groups is 1. The number of ether oxygens (including phenoxy) is 1. The highest BCUT2D eigenvalue weighted by atomic mass is 32.2. The van der Waals surface area contributed by atoms with Gasteiger partial charge in [0.2, 0.25) is 0 Å². The predicted molar refractivity (Wildman–Crippen MR) is 76.1 cm³/mol. The van der Waals surface area contributed by atoms with Gasteiger partial charge < -0.3 is 4.74 Å². The van der Waals surface area contributed by atoms with Crippen molar-refractivity contribution in [3.05, 3.63) is 0 Å². The van der Waals surface area contributed by atoms with Gasteiger partial charge in [0, 0.05) is 6.04 Å². The number of carbonyl (C=O) groups is 1. The molecule has 0 aliphatic carbocycles. The summed E-state index contributed by atoms with van der Waals surface area (Å²) in [6.07, 6.45) is 0.0644. The van der Waals surface area contributed by atoms with E-state index in [0.29, 0.717) is 12.8 Å². The maximum absolute atomic E-state index is 12.0. The van der Waals surface area contributed by atoms with Crippen LogP contribution in [0.3, 0.4) is 0 Å². The molecule has 2 rings (SSSR count). The molecule has 1 N–H and O–H groups in total. The number of nitrogens with zero attached hydrogens (tertiary/aromatic N) is 1. The molecule has 0 saturated carbocycles. The molecular formula is C11H20N2O6S2. The van der Waals surface area contributed by atoms with Gasteiger partial charge in [-0.25, -0.2) is 32.1 Å². The van der Waals surface area contributed by atoms with Crippen LogP contribution in [0.5, 0.6) is 0 Å². The Bertz CT molecular complexity index is 600. The van der Waals surface area contributed by atoms with Crippen molar-refractivity contribution in [3.63, 3.8) is 0 Å². The summed E-state index contributed by atoms with van der Waals surface area (Å²) in [4.78, 5) is 12.0. The maximum Gasteiger partial charge on any atom is 0.424 e. The molecule has 2 aliphatic rings. The second-order valence-corrected chi connectivity index (χ2v) is 9.81. The van der Waals surface area contributed by atoms with Crippen LogP contribution in [0, 0.1) is 0 Å². The van der Waals surface area contributed by atoms with Crippen LogP contribution in [0.2, 0.25) is 0 Å². The molecule has 10 heteroatoms. The van der Waals surface area contributed by atoms with Crippen LogP contribution in [0.1, 0.15) is 19.8 Å². The number of amides is 1. The smallest absolute Gasteiger partial charge is 0.424 e. The third kappa shape index (κ3) is 4.30. The van der Waals surface area contributed by atoms with Crippen molar-refractivity contribution in [1.82, 2.24) is 10.4 Å². The van der Waals surface area contributed by atoms with Crippen LogP contribution < -0.4 is 5.43 Å². The van der Waals surface area contributed by atoms with Gasteiger partial charge in [-0.15, -0.1) is 0 Å². The lowest BCUT2D eigenvalue weighted by Gasteiger charge is -2.30. The highest BCUT2D eigenvalue weighted by Crippen LogP contribution is 2.19. The Kier molecular flexibility index (Phi) is 4.79. The maximum atomic E-state index is 12.0. The minimum atomic E-state index is -3.15. The molecule has 122 valence electrons. The van der Waals surface area contributed by atoms with Gasteiger partial charge in [-0.3, -0.25) is 0 Å². The molecule has 0 aromatic carbocycles. The zero-order valence-corrected chi connectivity index (χ0v) is 13.5. The molecule has 0 bridgehead atoms. The van der Waals surface area contributed by atoms with Crippen molar-refractivity contribution in [2.24, 2.45) is 0 Å². The third-order valence-corrected chi connectivity index (χ3v) is 7.11. The number of nitrogens with one attached hydrogen (secondary N) is 1. The van der Waals surface area contributed by atoms with Crippen LogP contribution in [0.25, 0.3) is 0 Å². The molecule has 2 aliphatic heterocycles. The fourth-order valence-electron chi connectivity index (χ4n) is 2.57. The minimum absolute atomic E-state index is 0.0260. The van der Waals surface area contributed by atoms with Crippen LogP contribution in [0.15, 0.2) is 0 Å². The molecule has 21 heavy (non-hydrogen) atoms. The van der Waals surface area contributed by atoms with E-state index in [1.165, 1.54) is 5.01 Å². The molecule has 8 nitrogen and oxygen atoms in total. The highest BCUT2D eigenvalue weighted by molar-refractivity contribution is 7.91. The van der Waals surface area contributed by atoms with E-state index >= 15 is 0 Å². The quantitative estimate of drug-likeness (QED) is 0.675. The Hall–Kier alpha value is -0.870. The summed E-state index contributed by atoms with van der Waals surface area (Å²) in [5.74, 6) is -0.0802. The standard InChI is InChI=1S/C11H20N2O6S2/c1-2-19-11(14)13(10-4-6-21(17,18)8-10)12-9-3-5-20(15,16)7-9/h9-10,12H,2-8H2,1H3. The summed E-state index contributed by atoms with van der Waals surface area (Å²) in [6, 6.07) is -0.903. The van der Waals surface area contributed by atoms with Crippen molar-refractivity contribution in [3.8, 4) is 0 Å². The van der Waals surface area contributed by atoms with E-state index in [9.17, 15) is 21.6 Å². The first kappa shape index (κ1) is 16.5. The van der Waals surface area contributed by atoms with Crippen LogP contribution in [-0.2, 0) is 24.4 Å². The third-order valence-electron chi connectivity index (χ3n) is 3.59. The first-order valence-corrected chi connectivity index (χ1v) is 10.5. The fourth-order valence-corrected chi connectivity index (χ4v) is 5.94. The topological polar surface area (TPSA) is 110 Å². The molecule has 2 heterocycles. The zero-order valence-electron chi connectivity index (χ0n) is 11.8. The van der Waals surface area contributed by atoms with E-state index in [2.05, 4.69) is 5.43 Å². The van der Waals surface area contributed by atoms with Gasteiger partial charge in [-0.1, -0.05) is 0 Å². The number of carbonyl (C=O) groups excluding carboxylic acids is 1. The zero-order chi connectivity index (χ0) is 15.7. The van der Waals surface area contributed by atoms with Crippen molar-refractivity contribution in [2.75, 3.05) is 29.6 Å². The number of rotatable bonds is 4. The van der Waals surface area contributed by atoms with Gasteiger partial charge in [0.1, 0.15) is 0 Å². The molecule has 2 atom stereocenters. The number of hydrogen-bond donors (Lipinski definition) is 1. The average Bonchev–Trinajstić information content (AvgIpc) is 2.89. The van der Waals surface area contributed by atoms with E-state index in [1.807, 2.05) is 0 Å². The Morgan fingerprint density at radius 2 is 1.76 bits per heavy atom. The normalized spacial score (nSPS) is 30.1. The molecular weight excluding hydrogens is 320 g/mol. The monoisotopic (exact) mass is 340 g/mol. The van der Waals surface area contributed by atoms with Gasteiger partial charge in [0.25, 0.3) is 0 Å². The first-order valence-electron chi connectivity index (χ1n) is 6.85. The van der Waals surface area contributed by atoms with Crippen molar-refractivity contribution < 1.29 is 26.4 Å². The largest absolute Gasteiger partial charge is 0.449 e. The van der Waals surface area contributed by atoms with E-state index in [4.69, 9.17) is 4.74 Å². The molecule has 2 saturated heterocycles. The summed E-state index contributed by atoms with van der Waals surface area (Å²) in [5.41, 5.74) is 2.85. The summed E-state index contributed by atoms with van der Waals surface area (Å²) in [6.45, 7) is 1.82. The molecule has 0 aromatic heterocycles. The van der Waals surface area contributed by atoms with Gasteiger partial charge in [-0.05, 0) is 19.8 Å². The van der Waals surface area contributed by atoms with E-state index in [-0.39, 0.29) is 35.7 Å². The Balaban J connectivity index is 2.08.